The number of carbonyl (C=O) groups is 1. The summed E-state index contributed by atoms with van der Waals surface area (Å²) in [5.41, 5.74) is -0.306. The van der Waals surface area contributed by atoms with Crippen LogP contribution in [0.25, 0.3) is 11.5 Å². The molecule has 1 aromatic carbocycles. The number of aromatic carboxylic acids is 1. The second-order valence-electron chi connectivity index (χ2n) is 2.81. The fourth-order valence-corrected chi connectivity index (χ4v) is 1.08. The topological polar surface area (TPSA) is 79.0 Å². The Morgan fingerprint density at radius 1 is 1.35 bits per heavy atom. The minimum Gasteiger partial charge on any atom is -0.541 e. The van der Waals surface area contributed by atoms with Crippen molar-refractivity contribution >= 4 is 5.97 Å². The van der Waals surface area contributed by atoms with Crippen LogP contribution in [0.3, 0.4) is 0 Å². The molecular weight excluding hydrogens is 261 g/mol. The third-order valence-electron chi connectivity index (χ3n) is 1.79. The van der Waals surface area contributed by atoms with Gasteiger partial charge in [0.2, 0.25) is 5.82 Å². The minimum absolute atomic E-state index is 0. The van der Waals surface area contributed by atoms with Crippen LogP contribution in [0.1, 0.15) is 10.6 Å². The first-order valence-corrected chi connectivity index (χ1v) is 4.09. The maximum Gasteiger partial charge on any atom is 1.00 e. The minimum atomic E-state index is -1.66. The summed E-state index contributed by atoms with van der Waals surface area (Å²) < 4.78 is 30.5. The molecule has 0 aliphatic heterocycles. The number of hydrogen-bond donors (Lipinski definition) is 0. The quantitative estimate of drug-likeness (QED) is 0.555. The average molecular weight is 264 g/mol. The van der Waals surface area contributed by atoms with Crippen molar-refractivity contribution in [1.29, 1.82) is 0 Å². The van der Waals surface area contributed by atoms with Crippen molar-refractivity contribution in [2.24, 2.45) is 0 Å². The summed E-state index contributed by atoms with van der Waals surface area (Å²) in [5.74, 6) is -5.08. The second-order valence-corrected chi connectivity index (χ2v) is 2.81. The van der Waals surface area contributed by atoms with Crippen LogP contribution >= 0.6 is 0 Å². The molecule has 1 aromatic heterocycles. The van der Waals surface area contributed by atoms with Gasteiger partial charge in [-0.05, 0) is 12.1 Å². The van der Waals surface area contributed by atoms with Gasteiger partial charge in [0.1, 0.15) is 5.97 Å². The predicted molar refractivity (Wildman–Crippen MR) is 44.0 cm³/mol. The average Bonchev–Trinajstić information content (AvgIpc) is 2.71. The molecular formula is C9H3F2KN2O3. The fourth-order valence-electron chi connectivity index (χ4n) is 1.08. The van der Waals surface area contributed by atoms with Crippen LogP contribution in [0.5, 0.6) is 0 Å². The summed E-state index contributed by atoms with van der Waals surface area (Å²) in [4.78, 5) is 13.7. The summed E-state index contributed by atoms with van der Waals surface area (Å²) in [6.07, 6.45) is 0. The van der Waals surface area contributed by atoms with Gasteiger partial charge in [0, 0.05) is 0 Å². The van der Waals surface area contributed by atoms with E-state index in [2.05, 4.69) is 14.7 Å². The maximum atomic E-state index is 13.2. The monoisotopic (exact) mass is 264 g/mol. The Morgan fingerprint density at radius 2 is 2.06 bits per heavy atom. The van der Waals surface area contributed by atoms with Crippen molar-refractivity contribution in [3.63, 3.8) is 0 Å². The van der Waals surface area contributed by atoms with E-state index < -0.39 is 29.3 Å². The summed E-state index contributed by atoms with van der Waals surface area (Å²) in [6.45, 7) is 0. The normalized spacial score (nSPS) is 9.76. The fraction of sp³-hybridized carbons (Fsp3) is 0. The Morgan fingerprint density at radius 3 is 2.65 bits per heavy atom. The molecule has 0 saturated carbocycles. The van der Waals surface area contributed by atoms with Crippen molar-refractivity contribution < 1.29 is 74.6 Å². The molecule has 0 spiro atoms. The molecule has 82 valence electrons. The van der Waals surface area contributed by atoms with Crippen molar-refractivity contribution in [3.05, 3.63) is 35.7 Å². The van der Waals surface area contributed by atoms with E-state index in [1.54, 1.807) is 0 Å². The Labute approximate surface area is 136 Å². The second kappa shape index (κ2) is 5.78. The number of hydrogen-bond acceptors (Lipinski definition) is 5. The molecule has 0 aliphatic carbocycles. The molecule has 0 fully saturated rings. The van der Waals surface area contributed by atoms with E-state index in [0.717, 1.165) is 6.07 Å². The summed E-state index contributed by atoms with van der Waals surface area (Å²) >= 11 is 0. The molecule has 2 aromatic rings. The van der Waals surface area contributed by atoms with Gasteiger partial charge in [-0.1, -0.05) is 11.2 Å². The van der Waals surface area contributed by atoms with Gasteiger partial charge in [0.25, 0.3) is 5.89 Å². The molecule has 17 heavy (non-hydrogen) atoms. The number of benzene rings is 1. The third-order valence-corrected chi connectivity index (χ3v) is 1.79. The number of aromatic nitrogens is 2. The van der Waals surface area contributed by atoms with Gasteiger partial charge in [-0.15, -0.1) is 0 Å². The first-order chi connectivity index (χ1) is 7.59. The van der Waals surface area contributed by atoms with Gasteiger partial charge in [-0.2, -0.15) is 4.98 Å². The molecule has 0 aliphatic rings. The number of rotatable bonds is 2. The summed E-state index contributed by atoms with van der Waals surface area (Å²) in [5, 5.41) is 13.4. The SMILES string of the molecule is O=C([O-])c1noc(-c2cccc(F)c2F)n1.[K+]. The molecule has 5 nitrogen and oxygen atoms in total. The van der Waals surface area contributed by atoms with Gasteiger partial charge in [0.05, 0.1) is 5.56 Å². The van der Waals surface area contributed by atoms with Crippen LogP contribution < -0.4 is 56.5 Å². The number of nitrogens with zero attached hydrogens (tertiary/aromatic N) is 2. The maximum absolute atomic E-state index is 13.2. The van der Waals surface area contributed by atoms with E-state index in [1.807, 2.05) is 0 Å². The molecule has 0 amide bonds. The van der Waals surface area contributed by atoms with E-state index in [1.165, 1.54) is 12.1 Å². The molecule has 0 unspecified atom stereocenters. The van der Waals surface area contributed by atoms with Crippen molar-refractivity contribution in [2.75, 3.05) is 0 Å². The summed E-state index contributed by atoms with van der Waals surface area (Å²) in [6, 6.07) is 3.33. The number of carboxylic acid groups (broad SMARTS) is 1. The molecule has 0 bridgehead atoms. The molecule has 0 N–H and O–H groups in total. The molecule has 0 saturated heterocycles. The largest absolute Gasteiger partial charge is 1.00 e. The smallest absolute Gasteiger partial charge is 0.541 e. The molecule has 0 atom stereocenters. The van der Waals surface area contributed by atoms with Gasteiger partial charge < -0.3 is 14.4 Å². The number of carbonyl (C=O) groups excluding carboxylic acids is 1. The van der Waals surface area contributed by atoms with E-state index in [9.17, 15) is 18.7 Å². The van der Waals surface area contributed by atoms with Crippen molar-refractivity contribution in [3.8, 4) is 11.5 Å². The Bertz CT molecular complexity index is 559. The van der Waals surface area contributed by atoms with Crippen LogP contribution in [0.4, 0.5) is 8.78 Å². The van der Waals surface area contributed by atoms with E-state index >= 15 is 0 Å². The van der Waals surface area contributed by atoms with E-state index in [-0.39, 0.29) is 56.9 Å². The van der Waals surface area contributed by atoms with Gasteiger partial charge in [-0.3, -0.25) is 0 Å². The first kappa shape index (κ1) is 14.4. The van der Waals surface area contributed by atoms with Crippen LogP contribution in [-0.2, 0) is 0 Å². The predicted octanol–water partition coefficient (Wildman–Crippen LogP) is -2.62. The standard InChI is InChI=1S/C9H4F2N2O3.K/c10-5-3-1-2-4(6(5)11)8-12-7(9(14)15)13-16-8;/h1-3H,(H,14,15);/q;+1/p-1. The first-order valence-electron chi connectivity index (χ1n) is 4.09. The molecule has 8 heteroatoms. The van der Waals surface area contributed by atoms with E-state index in [0.29, 0.717) is 0 Å². The van der Waals surface area contributed by atoms with Crippen LogP contribution in [0.15, 0.2) is 22.7 Å². The third kappa shape index (κ3) is 2.96. The van der Waals surface area contributed by atoms with Crippen LogP contribution in [-0.4, -0.2) is 16.1 Å². The number of carboxylic acids is 1. The number of halogens is 2. The van der Waals surface area contributed by atoms with Crippen LogP contribution in [0.2, 0.25) is 0 Å². The van der Waals surface area contributed by atoms with Gasteiger partial charge >= 0.3 is 51.4 Å². The molecule has 2 rings (SSSR count). The van der Waals surface area contributed by atoms with Crippen molar-refractivity contribution in [1.82, 2.24) is 10.1 Å². The van der Waals surface area contributed by atoms with Crippen molar-refractivity contribution in [2.45, 2.75) is 0 Å². The Balaban J connectivity index is 0.00000144. The van der Waals surface area contributed by atoms with E-state index in [4.69, 9.17) is 0 Å². The summed E-state index contributed by atoms with van der Waals surface area (Å²) in [7, 11) is 0. The Kier molecular flexibility index (Phi) is 4.89. The Hall–Kier alpha value is -0.674. The zero-order chi connectivity index (χ0) is 11.7. The zero-order valence-corrected chi connectivity index (χ0v) is 11.7. The molecule has 1 heterocycles. The van der Waals surface area contributed by atoms with Gasteiger partial charge in [0.15, 0.2) is 11.6 Å². The molecule has 0 radical (unpaired) electrons. The van der Waals surface area contributed by atoms with Gasteiger partial charge in [-0.25, -0.2) is 8.78 Å². The van der Waals surface area contributed by atoms with Crippen LogP contribution in [0, 0.1) is 11.6 Å². The zero-order valence-electron chi connectivity index (χ0n) is 8.61.